The van der Waals surface area contributed by atoms with Crippen LogP contribution >= 0.6 is 0 Å². The first kappa shape index (κ1) is 8.06. The fourth-order valence-corrected chi connectivity index (χ4v) is 1.82. The lowest BCUT2D eigenvalue weighted by Crippen LogP contribution is -2.56. The number of hydrogen-bond acceptors (Lipinski definition) is 1. The molecular formula is C9H19N. The van der Waals surface area contributed by atoms with Crippen LogP contribution in [0.1, 0.15) is 33.6 Å². The molecule has 0 saturated carbocycles. The van der Waals surface area contributed by atoms with Gasteiger partial charge in [-0.1, -0.05) is 27.2 Å². The van der Waals surface area contributed by atoms with Crippen LogP contribution in [0.4, 0.5) is 0 Å². The second-order valence-electron chi connectivity index (χ2n) is 3.87. The summed E-state index contributed by atoms with van der Waals surface area (Å²) in [4.78, 5) is 0. The summed E-state index contributed by atoms with van der Waals surface area (Å²) in [7, 11) is 0. The zero-order valence-corrected chi connectivity index (χ0v) is 7.41. The van der Waals surface area contributed by atoms with Gasteiger partial charge in [0.05, 0.1) is 0 Å². The monoisotopic (exact) mass is 141 g/mol. The standard InChI is InChI=1S/C9H19N/c1-4-5-9(8(2)3)6-10-7-9/h8,10H,4-7H2,1-3H3. The second-order valence-corrected chi connectivity index (χ2v) is 3.87. The highest BCUT2D eigenvalue weighted by atomic mass is 15.0. The summed E-state index contributed by atoms with van der Waals surface area (Å²) in [6.45, 7) is 9.46. The summed E-state index contributed by atoms with van der Waals surface area (Å²) in [5.41, 5.74) is 0.661. The van der Waals surface area contributed by atoms with Crippen molar-refractivity contribution in [3.8, 4) is 0 Å². The number of hydrogen-bond donors (Lipinski definition) is 1. The van der Waals surface area contributed by atoms with Gasteiger partial charge < -0.3 is 5.32 Å². The number of nitrogens with one attached hydrogen (secondary N) is 1. The predicted molar refractivity (Wildman–Crippen MR) is 45.0 cm³/mol. The Kier molecular flexibility index (Phi) is 2.35. The molecule has 1 saturated heterocycles. The number of rotatable bonds is 3. The highest BCUT2D eigenvalue weighted by molar-refractivity contribution is 4.93. The molecule has 1 aliphatic rings. The second kappa shape index (κ2) is 2.91. The normalized spacial score (nSPS) is 22.8. The Balaban J connectivity index is 2.42. The van der Waals surface area contributed by atoms with Gasteiger partial charge in [-0.3, -0.25) is 0 Å². The Morgan fingerprint density at radius 3 is 2.10 bits per heavy atom. The van der Waals surface area contributed by atoms with Gasteiger partial charge in [0.1, 0.15) is 0 Å². The van der Waals surface area contributed by atoms with Gasteiger partial charge in [-0.15, -0.1) is 0 Å². The average molecular weight is 141 g/mol. The van der Waals surface area contributed by atoms with Crippen molar-refractivity contribution in [2.24, 2.45) is 11.3 Å². The van der Waals surface area contributed by atoms with Gasteiger partial charge in [-0.2, -0.15) is 0 Å². The van der Waals surface area contributed by atoms with Crippen molar-refractivity contribution in [3.05, 3.63) is 0 Å². The Hall–Kier alpha value is -0.0400. The van der Waals surface area contributed by atoms with E-state index in [0.29, 0.717) is 5.41 Å². The fraction of sp³-hybridized carbons (Fsp3) is 1.00. The first-order valence-corrected chi connectivity index (χ1v) is 4.42. The fourth-order valence-electron chi connectivity index (χ4n) is 1.82. The molecule has 0 aromatic carbocycles. The molecule has 60 valence electrons. The molecular weight excluding hydrogens is 122 g/mol. The summed E-state index contributed by atoms with van der Waals surface area (Å²) >= 11 is 0. The maximum Gasteiger partial charge on any atom is 0.00227 e. The van der Waals surface area contributed by atoms with Crippen molar-refractivity contribution in [2.45, 2.75) is 33.6 Å². The summed E-state index contributed by atoms with van der Waals surface area (Å²) in [6, 6.07) is 0. The molecule has 0 aliphatic carbocycles. The van der Waals surface area contributed by atoms with Gasteiger partial charge >= 0.3 is 0 Å². The Labute approximate surface area is 64.2 Å². The lowest BCUT2D eigenvalue weighted by Gasteiger charge is -2.46. The quantitative estimate of drug-likeness (QED) is 0.634. The first-order chi connectivity index (χ1) is 4.71. The lowest BCUT2D eigenvalue weighted by atomic mass is 9.69. The Morgan fingerprint density at radius 1 is 1.40 bits per heavy atom. The van der Waals surface area contributed by atoms with Crippen molar-refractivity contribution in [2.75, 3.05) is 13.1 Å². The molecule has 0 bridgehead atoms. The van der Waals surface area contributed by atoms with Crippen LogP contribution in [0.2, 0.25) is 0 Å². The summed E-state index contributed by atoms with van der Waals surface area (Å²) < 4.78 is 0. The molecule has 0 amide bonds. The molecule has 0 aromatic rings. The van der Waals surface area contributed by atoms with E-state index in [0.717, 1.165) is 5.92 Å². The Bertz CT molecular complexity index is 103. The van der Waals surface area contributed by atoms with Gasteiger partial charge in [-0.05, 0) is 17.8 Å². The van der Waals surface area contributed by atoms with Crippen LogP contribution < -0.4 is 5.32 Å². The van der Waals surface area contributed by atoms with Gasteiger partial charge in [0.25, 0.3) is 0 Å². The average Bonchev–Trinajstić information content (AvgIpc) is 1.77. The molecule has 1 aliphatic heterocycles. The van der Waals surface area contributed by atoms with Crippen molar-refractivity contribution in [1.29, 1.82) is 0 Å². The van der Waals surface area contributed by atoms with Crippen LogP contribution in [0, 0.1) is 11.3 Å². The predicted octanol–water partition coefficient (Wildman–Crippen LogP) is 2.03. The molecule has 1 heterocycles. The molecule has 1 fully saturated rings. The van der Waals surface area contributed by atoms with Crippen molar-refractivity contribution in [1.82, 2.24) is 5.32 Å². The van der Waals surface area contributed by atoms with Crippen LogP contribution in [0.3, 0.4) is 0 Å². The molecule has 1 N–H and O–H groups in total. The summed E-state index contributed by atoms with van der Waals surface area (Å²) in [5, 5.41) is 3.37. The van der Waals surface area contributed by atoms with Crippen molar-refractivity contribution in [3.63, 3.8) is 0 Å². The van der Waals surface area contributed by atoms with Crippen LogP contribution in [-0.4, -0.2) is 13.1 Å². The highest BCUT2D eigenvalue weighted by Crippen LogP contribution is 2.36. The van der Waals surface area contributed by atoms with E-state index in [1.165, 1.54) is 25.9 Å². The van der Waals surface area contributed by atoms with E-state index < -0.39 is 0 Å². The molecule has 1 nitrogen and oxygen atoms in total. The van der Waals surface area contributed by atoms with Crippen LogP contribution in [-0.2, 0) is 0 Å². The summed E-state index contributed by atoms with van der Waals surface area (Å²) in [6.07, 6.45) is 2.73. The van der Waals surface area contributed by atoms with Gasteiger partial charge in [0.15, 0.2) is 0 Å². The van der Waals surface area contributed by atoms with Crippen molar-refractivity contribution >= 4 is 0 Å². The van der Waals surface area contributed by atoms with E-state index >= 15 is 0 Å². The maximum absolute atomic E-state index is 3.37. The molecule has 0 radical (unpaired) electrons. The van der Waals surface area contributed by atoms with Gasteiger partial charge in [-0.25, -0.2) is 0 Å². The van der Waals surface area contributed by atoms with E-state index in [-0.39, 0.29) is 0 Å². The van der Waals surface area contributed by atoms with Crippen LogP contribution in [0.5, 0.6) is 0 Å². The largest absolute Gasteiger partial charge is 0.316 e. The molecule has 1 heteroatoms. The highest BCUT2D eigenvalue weighted by Gasteiger charge is 2.38. The lowest BCUT2D eigenvalue weighted by molar-refractivity contribution is 0.0864. The smallest absolute Gasteiger partial charge is 0.00227 e. The van der Waals surface area contributed by atoms with E-state index in [4.69, 9.17) is 0 Å². The molecule has 0 aromatic heterocycles. The SMILES string of the molecule is CCCC1(C(C)C)CNC1. The minimum absolute atomic E-state index is 0.661. The van der Waals surface area contributed by atoms with Gasteiger partial charge in [0, 0.05) is 13.1 Å². The van der Waals surface area contributed by atoms with E-state index in [9.17, 15) is 0 Å². The molecule has 1 rings (SSSR count). The van der Waals surface area contributed by atoms with Gasteiger partial charge in [0.2, 0.25) is 0 Å². The molecule has 0 atom stereocenters. The van der Waals surface area contributed by atoms with E-state index in [2.05, 4.69) is 26.1 Å². The third kappa shape index (κ3) is 1.20. The summed E-state index contributed by atoms with van der Waals surface area (Å²) in [5.74, 6) is 0.855. The molecule has 0 unspecified atom stereocenters. The van der Waals surface area contributed by atoms with Crippen LogP contribution in [0.25, 0.3) is 0 Å². The maximum atomic E-state index is 3.37. The first-order valence-electron chi connectivity index (χ1n) is 4.42. The zero-order chi connectivity index (χ0) is 7.61. The topological polar surface area (TPSA) is 12.0 Å². The minimum atomic E-state index is 0.661. The van der Waals surface area contributed by atoms with E-state index in [1.54, 1.807) is 0 Å². The third-order valence-corrected chi connectivity index (χ3v) is 2.93. The molecule has 10 heavy (non-hydrogen) atoms. The van der Waals surface area contributed by atoms with E-state index in [1.807, 2.05) is 0 Å². The minimum Gasteiger partial charge on any atom is -0.316 e. The molecule has 0 spiro atoms. The zero-order valence-electron chi connectivity index (χ0n) is 7.41. The van der Waals surface area contributed by atoms with Crippen LogP contribution in [0.15, 0.2) is 0 Å². The third-order valence-electron chi connectivity index (χ3n) is 2.93. The van der Waals surface area contributed by atoms with Crippen molar-refractivity contribution < 1.29 is 0 Å². The Morgan fingerprint density at radius 2 is 2.00 bits per heavy atom.